The Balaban J connectivity index is 1.70. The molecule has 1 fully saturated rings. The van der Waals surface area contributed by atoms with Crippen LogP contribution in [0.4, 0.5) is 5.69 Å². The maximum absolute atomic E-state index is 12.9. The van der Waals surface area contributed by atoms with Crippen LogP contribution in [0.5, 0.6) is 5.75 Å². The number of rotatable bonds is 9. The van der Waals surface area contributed by atoms with Crippen LogP contribution in [0, 0.1) is 0 Å². The Bertz CT molecular complexity index is 990. The number of thioether (sulfide) groups is 1. The van der Waals surface area contributed by atoms with Crippen LogP contribution in [-0.4, -0.2) is 34.6 Å². The summed E-state index contributed by atoms with van der Waals surface area (Å²) in [7, 11) is 0. The lowest BCUT2D eigenvalue weighted by Gasteiger charge is -2.15. The highest BCUT2D eigenvalue weighted by Gasteiger charge is 2.40. The highest BCUT2D eigenvalue weighted by molar-refractivity contribution is 8.14. The third-order valence-corrected chi connectivity index (χ3v) is 5.89. The molecule has 1 saturated heterocycles. The van der Waals surface area contributed by atoms with E-state index in [1.807, 2.05) is 37.3 Å². The molecule has 1 atom stereocenters. The van der Waals surface area contributed by atoms with E-state index in [0.29, 0.717) is 18.0 Å². The topological polar surface area (TPSA) is 97.3 Å². The Morgan fingerprint density at radius 3 is 2.47 bits per heavy atom. The van der Waals surface area contributed by atoms with E-state index >= 15 is 0 Å². The molecule has 0 bridgehead atoms. The zero-order chi connectivity index (χ0) is 22.9. The van der Waals surface area contributed by atoms with E-state index in [4.69, 9.17) is 10.5 Å². The molecular weight excluding hydrogens is 424 g/mol. The van der Waals surface area contributed by atoms with Gasteiger partial charge in [0.1, 0.15) is 11.0 Å². The van der Waals surface area contributed by atoms with Crippen molar-refractivity contribution in [3.8, 4) is 5.75 Å². The fraction of sp³-hybridized carbons (Fsp3) is 0.333. The summed E-state index contributed by atoms with van der Waals surface area (Å²) in [6, 6.07) is 16.7. The van der Waals surface area contributed by atoms with Crippen LogP contribution in [0.3, 0.4) is 0 Å². The third kappa shape index (κ3) is 5.97. The van der Waals surface area contributed by atoms with E-state index in [9.17, 15) is 9.59 Å². The minimum absolute atomic E-state index is 0.0675. The first kappa shape index (κ1) is 23.5. The summed E-state index contributed by atoms with van der Waals surface area (Å²) < 4.78 is 5.42. The van der Waals surface area contributed by atoms with Crippen LogP contribution < -0.4 is 15.4 Å². The number of benzene rings is 2. The van der Waals surface area contributed by atoms with Gasteiger partial charge in [-0.2, -0.15) is 5.10 Å². The first-order chi connectivity index (χ1) is 15.5. The van der Waals surface area contributed by atoms with Crippen LogP contribution in [0.2, 0.25) is 0 Å². The van der Waals surface area contributed by atoms with Gasteiger partial charge in [0.05, 0.1) is 18.0 Å². The Morgan fingerprint density at radius 2 is 1.81 bits per heavy atom. The molecule has 1 aliphatic heterocycles. The predicted molar refractivity (Wildman–Crippen MR) is 130 cm³/mol. The number of carbonyl (C=O) groups is 2. The highest BCUT2D eigenvalue weighted by Crippen LogP contribution is 2.30. The molecule has 3 rings (SSSR count). The molecular formula is C24H28N4O3S. The van der Waals surface area contributed by atoms with Crippen LogP contribution in [0.25, 0.3) is 0 Å². The SMILES string of the molecule is CCCC/C(=N/N=C(N)S[C@H]1CC(=O)N(c2ccc(OCC)cc2)C1=O)c1ccccc1. The maximum Gasteiger partial charge on any atom is 0.247 e. The Hall–Kier alpha value is -3.13. The number of ether oxygens (including phenoxy) is 1. The third-order valence-electron chi connectivity index (χ3n) is 4.92. The van der Waals surface area contributed by atoms with Crippen LogP contribution >= 0.6 is 11.8 Å². The number of nitrogens with two attached hydrogens (primary N) is 1. The number of anilines is 1. The van der Waals surface area contributed by atoms with Crippen molar-refractivity contribution in [2.24, 2.45) is 15.9 Å². The van der Waals surface area contributed by atoms with Gasteiger partial charge >= 0.3 is 0 Å². The van der Waals surface area contributed by atoms with Gasteiger partial charge in [-0.25, -0.2) is 4.90 Å². The van der Waals surface area contributed by atoms with Crippen molar-refractivity contribution in [2.45, 2.75) is 44.8 Å². The van der Waals surface area contributed by atoms with E-state index in [1.54, 1.807) is 24.3 Å². The number of hydrogen-bond acceptors (Lipinski definition) is 6. The number of unbranched alkanes of at least 4 members (excludes halogenated alkanes) is 1. The van der Waals surface area contributed by atoms with Crippen LogP contribution in [0.1, 0.15) is 45.1 Å². The monoisotopic (exact) mass is 452 g/mol. The van der Waals surface area contributed by atoms with Gasteiger partial charge in [0.25, 0.3) is 0 Å². The number of imide groups is 1. The fourth-order valence-corrected chi connectivity index (χ4v) is 4.14. The lowest BCUT2D eigenvalue weighted by atomic mass is 10.1. The Kier molecular flexibility index (Phi) is 8.44. The average Bonchev–Trinajstić information content (AvgIpc) is 3.08. The number of carbonyl (C=O) groups excluding carboxylic acids is 2. The normalized spacial score (nSPS) is 17.2. The van der Waals surface area contributed by atoms with Gasteiger partial charge in [-0.3, -0.25) is 9.59 Å². The molecule has 0 aliphatic carbocycles. The molecule has 2 aromatic rings. The van der Waals surface area contributed by atoms with E-state index in [-0.39, 0.29) is 23.4 Å². The zero-order valence-electron chi connectivity index (χ0n) is 18.4. The van der Waals surface area contributed by atoms with Gasteiger partial charge in [-0.05, 0) is 49.6 Å². The molecule has 2 aromatic carbocycles. The molecule has 8 heteroatoms. The lowest BCUT2D eigenvalue weighted by Crippen LogP contribution is -2.31. The molecule has 1 aliphatic rings. The van der Waals surface area contributed by atoms with Gasteiger partial charge in [0, 0.05) is 6.42 Å². The largest absolute Gasteiger partial charge is 0.494 e. The quantitative estimate of drug-likeness (QED) is 0.264. The number of amides is 2. The second-order valence-corrected chi connectivity index (χ2v) is 8.48. The Morgan fingerprint density at radius 1 is 1.09 bits per heavy atom. The molecule has 7 nitrogen and oxygen atoms in total. The smallest absolute Gasteiger partial charge is 0.247 e. The predicted octanol–water partition coefficient (Wildman–Crippen LogP) is 4.36. The van der Waals surface area contributed by atoms with Crippen molar-refractivity contribution in [3.63, 3.8) is 0 Å². The summed E-state index contributed by atoms with van der Waals surface area (Å²) in [6.45, 7) is 4.56. The molecule has 0 spiro atoms. The number of hydrogen-bond donors (Lipinski definition) is 1. The summed E-state index contributed by atoms with van der Waals surface area (Å²) in [4.78, 5) is 26.6. The van der Waals surface area contributed by atoms with Crippen LogP contribution in [0.15, 0.2) is 64.8 Å². The summed E-state index contributed by atoms with van der Waals surface area (Å²) >= 11 is 1.07. The molecule has 0 unspecified atom stereocenters. The van der Waals surface area contributed by atoms with Crippen molar-refractivity contribution < 1.29 is 14.3 Å². The highest BCUT2D eigenvalue weighted by atomic mass is 32.2. The van der Waals surface area contributed by atoms with Crippen molar-refractivity contribution in [3.05, 3.63) is 60.2 Å². The summed E-state index contributed by atoms with van der Waals surface area (Å²) in [5.74, 6) is 0.120. The van der Waals surface area contributed by atoms with Crippen LogP contribution in [-0.2, 0) is 9.59 Å². The van der Waals surface area contributed by atoms with E-state index in [0.717, 1.165) is 42.3 Å². The minimum atomic E-state index is -0.621. The number of amidine groups is 1. The first-order valence-corrected chi connectivity index (χ1v) is 11.6. The summed E-state index contributed by atoms with van der Waals surface area (Å²) in [5.41, 5.74) is 8.42. The van der Waals surface area contributed by atoms with Crippen molar-refractivity contribution in [2.75, 3.05) is 11.5 Å². The molecule has 32 heavy (non-hydrogen) atoms. The van der Waals surface area contributed by atoms with Gasteiger partial charge in [0.2, 0.25) is 11.8 Å². The zero-order valence-corrected chi connectivity index (χ0v) is 19.2. The molecule has 168 valence electrons. The van der Waals surface area contributed by atoms with Gasteiger partial charge in [-0.15, -0.1) is 5.10 Å². The first-order valence-electron chi connectivity index (χ1n) is 10.7. The molecule has 2 N–H and O–H groups in total. The van der Waals surface area contributed by atoms with Gasteiger partial charge in [-0.1, -0.05) is 55.4 Å². The molecule has 2 amide bonds. The standard InChI is InChI=1S/C24H28N4O3S/c1-3-5-11-20(17-9-7-6-8-10-17)26-27-24(25)32-21-16-22(29)28(23(21)30)18-12-14-19(15-13-18)31-4-2/h6-10,12-15,21H,3-5,11,16H2,1-2H3,(H2,25,27)/b26-20-/t21-/m0/s1. The molecule has 1 heterocycles. The second-order valence-electron chi connectivity index (χ2n) is 7.26. The van der Waals surface area contributed by atoms with E-state index in [1.165, 1.54) is 4.90 Å². The molecule has 0 aromatic heterocycles. The van der Waals surface area contributed by atoms with Crippen molar-refractivity contribution >= 4 is 40.1 Å². The van der Waals surface area contributed by atoms with E-state index < -0.39 is 5.25 Å². The number of nitrogens with zero attached hydrogens (tertiary/aromatic N) is 3. The summed E-state index contributed by atoms with van der Waals surface area (Å²) in [6.07, 6.45) is 2.88. The van der Waals surface area contributed by atoms with Crippen molar-refractivity contribution in [1.29, 1.82) is 0 Å². The van der Waals surface area contributed by atoms with Gasteiger partial charge < -0.3 is 10.5 Å². The minimum Gasteiger partial charge on any atom is -0.494 e. The van der Waals surface area contributed by atoms with Gasteiger partial charge in [0.15, 0.2) is 5.17 Å². The average molecular weight is 453 g/mol. The van der Waals surface area contributed by atoms with E-state index in [2.05, 4.69) is 17.1 Å². The molecule has 0 radical (unpaired) electrons. The fourth-order valence-electron chi connectivity index (χ4n) is 3.33. The lowest BCUT2D eigenvalue weighted by molar-refractivity contribution is -0.121. The Labute approximate surface area is 192 Å². The maximum atomic E-state index is 12.9. The van der Waals surface area contributed by atoms with Crippen molar-refractivity contribution in [1.82, 2.24) is 0 Å². The second kappa shape index (κ2) is 11.5. The summed E-state index contributed by atoms with van der Waals surface area (Å²) in [5, 5.41) is 8.05. The molecule has 0 saturated carbocycles.